The Labute approximate surface area is 205 Å². The number of ether oxygens (including phenoxy) is 2. The summed E-state index contributed by atoms with van der Waals surface area (Å²) in [6.45, 7) is 3.66. The summed E-state index contributed by atoms with van der Waals surface area (Å²) in [5.74, 6) is -1.31. The summed E-state index contributed by atoms with van der Waals surface area (Å²) in [6, 6.07) is 14.3. The van der Waals surface area contributed by atoms with Gasteiger partial charge in [0.25, 0.3) is 5.69 Å². The molecule has 0 unspecified atom stereocenters. The molecular weight excluding hydrogens is 468 g/mol. The largest absolute Gasteiger partial charge is 0.507 e. The van der Waals surface area contributed by atoms with Gasteiger partial charge in [0.05, 0.1) is 46.3 Å². The van der Waals surface area contributed by atoms with Crippen LogP contribution in [-0.4, -0.2) is 41.4 Å². The average Bonchev–Trinajstić information content (AvgIpc) is 2.87. The summed E-state index contributed by atoms with van der Waals surface area (Å²) < 4.78 is 10.0. The smallest absolute Gasteiger partial charge is 0.338 e. The van der Waals surface area contributed by atoms with Crippen LogP contribution >= 0.6 is 0 Å². The zero-order valence-corrected chi connectivity index (χ0v) is 19.5. The van der Waals surface area contributed by atoms with E-state index >= 15 is 0 Å². The van der Waals surface area contributed by atoms with Crippen LogP contribution < -0.4 is 0 Å². The van der Waals surface area contributed by atoms with Crippen LogP contribution in [0.3, 0.4) is 0 Å². The van der Waals surface area contributed by atoms with Crippen molar-refractivity contribution in [3.63, 3.8) is 0 Å². The van der Waals surface area contributed by atoms with E-state index in [1.807, 2.05) is 0 Å². The van der Waals surface area contributed by atoms with Gasteiger partial charge in [-0.05, 0) is 62.4 Å². The van der Waals surface area contributed by atoms with Crippen LogP contribution in [0, 0.1) is 10.1 Å². The lowest BCUT2D eigenvalue weighted by Gasteiger charge is -2.07. The van der Waals surface area contributed by atoms with Crippen molar-refractivity contribution in [2.75, 3.05) is 13.2 Å². The quantitative estimate of drug-likeness (QED) is 0.130. The predicted molar refractivity (Wildman–Crippen MR) is 131 cm³/mol. The van der Waals surface area contributed by atoms with E-state index in [1.54, 1.807) is 13.8 Å². The Kier molecular flexibility index (Phi) is 8.54. The highest BCUT2D eigenvalue weighted by molar-refractivity contribution is 5.97. The minimum Gasteiger partial charge on any atom is -0.507 e. The van der Waals surface area contributed by atoms with Crippen molar-refractivity contribution in [1.29, 1.82) is 0 Å². The second kappa shape index (κ2) is 12.0. The van der Waals surface area contributed by atoms with Crippen molar-refractivity contribution in [3.05, 3.63) is 87.5 Å². The van der Waals surface area contributed by atoms with Crippen LogP contribution in [0.25, 0.3) is 0 Å². The molecule has 0 amide bonds. The minimum atomic E-state index is -0.614. The molecule has 0 atom stereocenters. The van der Waals surface area contributed by atoms with Gasteiger partial charge in [-0.3, -0.25) is 15.1 Å². The Morgan fingerprint density at radius 1 is 0.861 bits per heavy atom. The molecule has 184 valence electrons. The molecule has 3 rings (SSSR count). The molecule has 0 fully saturated rings. The Bertz CT molecular complexity index is 1300. The molecule has 0 bridgehead atoms. The Morgan fingerprint density at radius 3 is 1.97 bits per heavy atom. The number of hydrogen-bond acceptors (Lipinski definition) is 10. The molecule has 0 radical (unpaired) electrons. The Balaban J connectivity index is 1.87. The number of nitro groups is 1. The van der Waals surface area contributed by atoms with E-state index in [9.17, 15) is 24.8 Å². The maximum atomic E-state index is 12.2. The topological polar surface area (TPSA) is 153 Å². The number of phenols is 1. The zero-order valence-electron chi connectivity index (χ0n) is 19.5. The van der Waals surface area contributed by atoms with Crippen LogP contribution in [0.4, 0.5) is 22.7 Å². The van der Waals surface area contributed by atoms with Gasteiger partial charge in [0, 0.05) is 23.9 Å². The van der Waals surface area contributed by atoms with Gasteiger partial charge in [-0.2, -0.15) is 10.2 Å². The molecule has 0 spiro atoms. The molecular formula is C25H22N4O7. The molecule has 11 nitrogen and oxygen atoms in total. The van der Waals surface area contributed by atoms with E-state index in [2.05, 4.69) is 15.2 Å². The van der Waals surface area contributed by atoms with E-state index in [1.165, 1.54) is 66.9 Å². The van der Waals surface area contributed by atoms with Gasteiger partial charge < -0.3 is 14.6 Å². The third-order valence-corrected chi connectivity index (χ3v) is 4.65. The summed E-state index contributed by atoms with van der Waals surface area (Å²) in [4.78, 5) is 39.0. The highest BCUT2D eigenvalue weighted by Crippen LogP contribution is 2.26. The van der Waals surface area contributed by atoms with E-state index in [0.29, 0.717) is 16.9 Å². The van der Waals surface area contributed by atoms with Crippen LogP contribution in [-0.2, 0) is 9.47 Å². The first-order valence-electron chi connectivity index (χ1n) is 10.8. The van der Waals surface area contributed by atoms with Crippen molar-refractivity contribution in [3.8, 4) is 5.75 Å². The van der Waals surface area contributed by atoms with Gasteiger partial charge in [0.15, 0.2) is 0 Å². The van der Waals surface area contributed by atoms with Crippen molar-refractivity contribution >= 4 is 40.9 Å². The second-order valence-corrected chi connectivity index (χ2v) is 7.18. The third-order valence-electron chi connectivity index (χ3n) is 4.65. The minimum absolute atomic E-state index is 0.0600. The second-order valence-electron chi connectivity index (χ2n) is 7.18. The molecule has 11 heteroatoms. The van der Waals surface area contributed by atoms with E-state index in [4.69, 9.17) is 9.47 Å². The lowest BCUT2D eigenvalue weighted by molar-refractivity contribution is -0.384. The molecule has 0 aromatic heterocycles. The lowest BCUT2D eigenvalue weighted by Crippen LogP contribution is -2.09. The van der Waals surface area contributed by atoms with Crippen LogP contribution in [0.1, 0.15) is 40.1 Å². The fourth-order valence-electron chi connectivity index (χ4n) is 2.96. The number of phenolic OH excluding ortho intramolecular Hbond substituents is 1. The molecule has 3 aromatic carbocycles. The summed E-state index contributed by atoms with van der Waals surface area (Å²) in [7, 11) is 0. The van der Waals surface area contributed by atoms with Gasteiger partial charge in [-0.25, -0.2) is 9.59 Å². The number of carbonyl (C=O) groups is 2. The first kappa shape index (κ1) is 25.7. The SMILES string of the molecule is CCOC(=O)c1cc(N=Cc2cc(N=Nc3ccc([N+](=O)[O-])cc3)ccc2O)cc(C(=O)OCC)c1. The lowest BCUT2D eigenvalue weighted by atomic mass is 10.1. The molecule has 0 saturated carbocycles. The zero-order chi connectivity index (χ0) is 26.1. The maximum Gasteiger partial charge on any atom is 0.338 e. The summed E-state index contributed by atoms with van der Waals surface area (Å²) in [5.41, 5.74) is 1.56. The number of aromatic hydroxyl groups is 1. The van der Waals surface area contributed by atoms with E-state index in [0.717, 1.165) is 0 Å². The molecule has 0 saturated heterocycles. The van der Waals surface area contributed by atoms with Gasteiger partial charge in [0.2, 0.25) is 0 Å². The first-order chi connectivity index (χ1) is 17.3. The number of azo groups is 1. The molecule has 0 heterocycles. The van der Waals surface area contributed by atoms with Crippen LogP contribution in [0.2, 0.25) is 0 Å². The Morgan fingerprint density at radius 2 is 1.42 bits per heavy atom. The number of esters is 2. The number of carbonyl (C=O) groups excluding carboxylic acids is 2. The average molecular weight is 490 g/mol. The molecule has 0 aliphatic carbocycles. The van der Waals surface area contributed by atoms with Crippen LogP contribution in [0.5, 0.6) is 5.75 Å². The highest BCUT2D eigenvalue weighted by atomic mass is 16.6. The molecule has 36 heavy (non-hydrogen) atoms. The number of nitrogens with zero attached hydrogens (tertiary/aromatic N) is 4. The van der Waals surface area contributed by atoms with Gasteiger partial charge >= 0.3 is 11.9 Å². The maximum absolute atomic E-state index is 12.2. The standard InChI is InChI=1S/C25H22N4O7/c1-3-35-24(31)16-11-17(25(32)36-4-2)13-21(12-16)26-15-18-14-20(7-10-23(18)30)28-27-19-5-8-22(9-6-19)29(33)34/h5-15,30H,3-4H2,1-2H3. The highest BCUT2D eigenvalue weighted by Gasteiger charge is 2.14. The summed E-state index contributed by atoms with van der Waals surface area (Å²) in [5, 5.41) is 29.1. The fourth-order valence-corrected chi connectivity index (χ4v) is 2.96. The number of rotatable bonds is 9. The predicted octanol–water partition coefficient (Wildman–Crippen LogP) is 5.82. The number of hydrogen-bond donors (Lipinski definition) is 1. The summed E-state index contributed by atoms with van der Waals surface area (Å²) >= 11 is 0. The van der Waals surface area contributed by atoms with Crippen molar-refractivity contribution in [2.24, 2.45) is 15.2 Å². The number of nitro benzene ring substituents is 1. The van der Waals surface area contributed by atoms with E-state index < -0.39 is 16.9 Å². The normalized spacial score (nSPS) is 11.1. The summed E-state index contributed by atoms with van der Waals surface area (Å²) in [6.07, 6.45) is 1.35. The molecule has 1 N–H and O–H groups in total. The third kappa shape index (κ3) is 6.79. The number of aliphatic imine (C=N–C) groups is 1. The Hall–Kier alpha value is -4.93. The number of benzene rings is 3. The van der Waals surface area contributed by atoms with E-state index in [-0.39, 0.29) is 41.5 Å². The van der Waals surface area contributed by atoms with Gasteiger partial charge in [-0.15, -0.1) is 0 Å². The molecule has 3 aromatic rings. The first-order valence-corrected chi connectivity index (χ1v) is 10.8. The van der Waals surface area contributed by atoms with Crippen molar-refractivity contribution < 1.29 is 29.1 Å². The monoisotopic (exact) mass is 490 g/mol. The van der Waals surface area contributed by atoms with Crippen LogP contribution in [0.15, 0.2) is 75.9 Å². The van der Waals surface area contributed by atoms with Crippen molar-refractivity contribution in [2.45, 2.75) is 13.8 Å². The number of non-ortho nitro benzene ring substituents is 1. The molecule has 0 aliphatic heterocycles. The molecule has 0 aliphatic rings. The van der Waals surface area contributed by atoms with Gasteiger partial charge in [-0.1, -0.05) is 0 Å². The fraction of sp³-hybridized carbons (Fsp3) is 0.160. The van der Waals surface area contributed by atoms with Gasteiger partial charge in [0.1, 0.15) is 5.75 Å². The van der Waals surface area contributed by atoms with Crippen molar-refractivity contribution in [1.82, 2.24) is 0 Å².